The van der Waals surface area contributed by atoms with E-state index in [4.69, 9.17) is 0 Å². The van der Waals surface area contributed by atoms with Gasteiger partial charge in [0.15, 0.2) is 0 Å². The molecule has 0 aromatic carbocycles. The summed E-state index contributed by atoms with van der Waals surface area (Å²) in [5, 5.41) is 9.36. The Kier molecular flexibility index (Phi) is 5.11. The molecule has 0 spiro atoms. The fraction of sp³-hybridized carbons (Fsp3) is 0.833. The zero-order chi connectivity index (χ0) is 17.3. The molecule has 0 unspecified atom stereocenters. The number of carbonyl (C=O) groups is 3. The number of carbonyl (C=O) groups excluding carboxylic acids is 2. The van der Waals surface area contributed by atoms with Crippen LogP contribution in [-0.4, -0.2) is 57.9 Å². The second-order valence-corrected chi connectivity index (χ2v) is 7.74. The molecule has 6 heteroatoms. The largest absolute Gasteiger partial charge is 0.480 e. The van der Waals surface area contributed by atoms with Crippen LogP contribution in [0.4, 0.5) is 0 Å². The molecule has 0 aromatic rings. The molecule has 0 bridgehead atoms. The van der Waals surface area contributed by atoms with Crippen molar-refractivity contribution in [3.05, 3.63) is 0 Å². The molecular formula is C18H28N2O4. The van der Waals surface area contributed by atoms with Gasteiger partial charge in [0.2, 0.25) is 11.8 Å². The topological polar surface area (TPSA) is 77.9 Å². The number of hydrogen-bond acceptors (Lipinski definition) is 3. The van der Waals surface area contributed by atoms with Gasteiger partial charge in [-0.2, -0.15) is 0 Å². The van der Waals surface area contributed by atoms with E-state index in [0.717, 1.165) is 44.4 Å². The van der Waals surface area contributed by atoms with Crippen LogP contribution in [0.2, 0.25) is 0 Å². The number of carboxylic acids is 1. The van der Waals surface area contributed by atoms with Crippen molar-refractivity contribution in [3.63, 3.8) is 0 Å². The summed E-state index contributed by atoms with van der Waals surface area (Å²) in [4.78, 5) is 40.1. The normalized spacial score (nSPS) is 34.5. The van der Waals surface area contributed by atoms with Gasteiger partial charge in [-0.15, -0.1) is 0 Å². The molecule has 3 aliphatic rings. The zero-order valence-electron chi connectivity index (χ0n) is 14.4. The number of nitrogens with zero attached hydrogens (tertiary/aromatic N) is 2. The van der Waals surface area contributed by atoms with Gasteiger partial charge in [-0.3, -0.25) is 9.59 Å². The summed E-state index contributed by atoms with van der Waals surface area (Å²) in [6.45, 7) is 3.22. The molecule has 3 rings (SSSR count). The Morgan fingerprint density at radius 3 is 2.46 bits per heavy atom. The van der Waals surface area contributed by atoms with Gasteiger partial charge in [0.25, 0.3) is 0 Å². The number of rotatable bonds is 3. The average Bonchev–Trinajstić information content (AvgIpc) is 2.96. The standard InChI is InChI=1S/C18H28N2O4/c1-12-5-7-14(8-6-12)20-11-13(10-16(20)21)17(22)19-9-3-2-4-15(19)18(23)24/h12-15H,2-11H2,1H3,(H,23,24)/t12?,13-,14?,15-/m0/s1. The molecule has 0 aromatic heterocycles. The molecule has 24 heavy (non-hydrogen) atoms. The summed E-state index contributed by atoms with van der Waals surface area (Å²) in [7, 11) is 0. The lowest BCUT2D eigenvalue weighted by Gasteiger charge is -2.35. The molecule has 2 aliphatic heterocycles. The average molecular weight is 336 g/mol. The summed E-state index contributed by atoms with van der Waals surface area (Å²) in [6.07, 6.45) is 6.78. The van der Waals surface area contributed by atoms with E-state index in [1.165, 1.54) is 4.90 Å². The summed E-state index contributed by atoms with van der Waals surface area (Å²) in [5.74, 6) is -0.637. The molecule has 2 heterocycles. The van der Waals surface area contributed by atoms with E-state index >= 15 is 0 Å². The van der Waals surface area contributed by atoms with Crippen LogP contribution >= 0.6 is 0 Å². The summed E-state index contributed by atoms with van der Waals surface area (Å²) < 4.78 is 0. The second-order valence-electron chi connectivity index (χ2n) is 7.74. The van der Waals surface area contributed by atoms with Crippen LogP contribution in [0, 0.1) is 11.8 Å². The van der Waals surface area contributed by atoms with Crippen molar-refractivity contribution in [1.29, 1.82) is 0 Å². The van der Waals surface area contributed by atoms with E-state index in [0.29, 0.717) is 19.5 Å². The van der Waals surface area contributed by atoms with E-state index in [-0.39, 0.29) is 30.2 Å². The molecular weight excluding hydrogens is 308 g/mol. The highest BCUT2D eigenvalue weighted by Gasteiger charge is 2.42. The molecule has 1 aliphatic carbocycles. The van der Waals surface area contributed by atoms with Crippen molar-refractivity contribution < 1.29 is 19.5 Å². The van der Waals surface area contributed by atoms with Crippen molar-refractivity contribution in [1.82, 2.24) is 9.80 Å². The van der Waals surface area contributed by atoms with Gasteiger partial charge in [-0.25, -0.2) is 4.79 Å². The number of amides is 2. The van der Waals surface area contributed by atoms with Crippen LogP contribution in [0.5, 0.6) is 0 Å². The van der Waals surface area contributed by atoms with Crippen LogP contribution in [-0.2, 0) is 14.4 Å². The Bertz CT molecular complexity index is 513. The predicted octanol–water partition coefficient (Wildman–Crippen LogP) is 1.88. The van der Waals surface area contributed by atoms with E-state index in [9.17, 15) is 19.5 Å². The lowest BCUT2D eigenvalue weighted by atomic mass is 9.86. The monoisotopic (exact) mass is 336 g/mol. The Morgan fingerprint density at radius 2 is 1.79 bits per heavy atom. The first-order valence-corrected chi connectivity index (χ1v) is 9.30. The molecule has 0 radical (unpaired) electrons. The number of piperidine rings is 1. The van der Waals surface area contributed by atoms with E-state index < -0.39 is 12.0 Å². The first kappa shape index (κ1) is 17.2. The van der Waals surface area contributed by atoms with E-state index in [2.05, 4.69) is 6.92 Å². The molecule has 2 saturated heterocycles. The highest BCUT2D eigenvalue weighted by atomic mass is 16.4. The minimum absolute atomic E-state index is 0.0665. The molecule has 2 atom stereocenters. The highest BCUT2D eigenvalue weighted by Crippen LogP contribution is 2.32. The first-order chi connectivity index (χ1) is 11.5. The van der Waals surface area contributed by atoms with E-state index in [1.807, 2.05) is 4.90 Å². The highest BCUT2D eigenvalue weighted by molar-refractivity contribution is 5.91. The van der Waals surface area contributed by atoms with Gasteiger partial charge in [-0.05, 0) is 50.9 Å². The van der Waals surface area contributed by atoms with Crippen molar-refractivity contribution in [2.24, 2.45) is 11.8 Å². The van der Waals surface area contributed by atoms with Gasteiger partial charge in [0.1, 0.15) is 6.04 Å². The molecule has 3 fully saturated rings. The Morgan fingerprint density at radius 1 is 1.08 bits per heavy atom. The zero-order valence-corrected chi connectivity index (χ0v) is 14.4. The lowest BCUT2D eigenvalue weighted by Crippen LogP contribution is -2.50. The quantitative estimate of drug-likeness (QED) is 0.853. The first-order valence-electron chi connectivity index (χ1n) is 9.30. The van der Waals surface area contributed by atoms with Crippen molar-refractivity contribution >= 4 is 17.8 Å². The van der Waals surface area contributed by atoms with E-state index in [1.54, 1.807) is 0 Å². The third-order valence-electron chi connectivity index (χ3n) is 6.00. The smallest absolute Gasteiger partial charge is 0.326 e. The molecule has 6 nitrogen and oxygen atoms in total. The SMILES string of the molecule is CC1CCC(N2C[C@@H](C(=O)N3CCCC[C@H]3C(=O)O)CC2=O)CC1. The fourth-order valence-electron chi connectivity index (χ4n) is 4.49. The van der Waals surface area contributed by atoms with Crippen molar-refractivity contribution in [2.75, 3.05) is 13.1 Å². The maximum absolute atomic E-state index is 12.8. The summed E-state index contributed by atoms with van der Waals surface area (Å²) in [5.41, 5.74) is 0. The number of carboxylic acid groups (broad SMARTS) is 1. The van der Waals surface area contributed by atoms with Crippen LogP contribution in [0.15, 0.2) is 0 Å². The minimum atomic E-state index is -0.925. The summed E-state index contributed by atoms with van der Waals surface area (Å²) >= 11 is 0. The maximum atomic E-state index is 12.8. The fourth-order valence-corrected chi connectivity index (χ4v) is 4.49. The minimum Gasteiger partial charge on any atom is -0.480 e. The van der Waals surface area contributed by atoms with Crippen LogP contribution in [0.25, 0.3) is 0 Å². The predicted molar refractivity (Wildman–Crippen MR) is 88.2 cm³/mol. The van der Waals surface area contributed by atoms with Gasteiger partial charge in [0.05, 0.1) is 5.92 Å². The molecule has 1 N–H and O–H groups in total. The Labute approximate surface area is 143 Å². The van der Waals surface area contributed by atoms with Gasteiger partial charge < -0.3 is 14.9 Å². The van der Waals surface area contributed by atoms with Gasteiger partial charge in [0, 0.05) is 25.6 Å². The summed E-state index contributed by atoms with van der Waals surface area (Å²) in [6, 6.07) is -0.450. The van der Waals surface area contributed by atoms with Crippen molar-refractivity contribution in [2.45, 2.75) is 70.4 Å². The van der Waals surface area contributed by atoms with Crippen LogP contribution < -0.4 is 0 Å². The molecule has 134 valence electrons. The van der Waals surface area contributed by atoms with Gasteiger partial charge >= 0.3 is 5.97 Å². The van der Waals surface area contributed by atoms with Crippen molar-refractivity contribution in [3.8, 4) is 0 Å². The molecule has 2 amide bonds. The number of aliphatic carboxylic acids is 1. The number of likely N-dealkylation sites (tertiary alicyclic amines) is 2. The third-order valence-corrected chi connectivity index (χ3v) is 6.00. The molecule has 1 saturated carbocycles. The number of hydrogen-bond donors (Lipinski definition) is 1. The second kappa shape index (κ2) is 7.11. The van der Waals surface area contributed by atoms with Crippen LogP contribution in [0.3, 0.4) is 0 Å². The maximum Gasteiger partial charge on any atom is 0.326 e. The van der Waals surface area contributed by atoms with Gasteiger partial charge in [-0.1, -0.05) is 6.92 Å². The Hall–Kier alpha value is -1.59. The van der Waals surface area contributed by atoms with Crippen LogP contribution in [0.1, 0.15) is 58.3 Å². The lowest BCUT2D eigenvalue weighted by molar-refractivity contribution is -0.153. The Balaban J connectivity index is 1.64. The third kappa shape index (κ3) is 3.42.